The monoisotopic (exact) mass is 380 g/mol. The number of anilines is 1. The molecule has 0 heterocycles. The Bertz CT molecular complexity index is 948. The minimum Gasteiger partial charge on any atom is -0.489 e. The fourth-order valence-corrected chi connectivity index (χ4v) is 2.58. The summed E-state index contributed by atoms with van der Waals surface area (Å²) in [6.45, 7) is 0.408. The molecule has 4 nitrogen and oxygen atoms in total. The first-order chi connectivity index (χ1) is 13.1. The molecule has 2 N–H and O–H groups in total. The molecule has 6 heteroatoms. The van der Waals surface area contributed by atoms with E-state index in [0.29, 0.717) is 23.6 Å². The predicted octanol–water partition coefficient (Wildman–Crippen LogP) is 4.53. The van der Waals surface area contributed by atoms with Crippen molar-refractivity contribution in [3.63, 3.8) is 0 Å². The minimum absolute atomic E-state index is 0.0845. The lowest BCUT2D eigenvalue weighted by atomic mass is 10.2. The molecular formula is C21H17FN2O2S. The smallest absolute Gasteiger partial charge is 0.257 e. The van der Waals surface area contributed by atoms with Gasteiger partial charge in [0.15, 0.2) is 5.11 Å². The van der Waals surface area contributed by atoms with Gasteiger partial charge in [-0.05, 0) is 54.2 Å². The van der Waals surface area contributed by atoms with E-state index in [2.05, 4.69) is 10.6 Å². The summed E-state index contributed by atoms with van der Waals surface area (Å²) in [7, 11) is 0. The van der Waals surface area contributed by atoms with Crippen LogP contribution >= 0.6 is 12.2 Å². The quantitative estimate of drug-likeness (QED) is 0.639. The summed E-state index contributed by atoms with van der Waals surface area (Å²) >= 11 is 5.11. The minimum atomic E-state index is -0.391. The largest absolute Gasteiger partial charge is 0.489 e. The summed E-state index contributed by atoms with van der Waals surface area (Å²) in [5.74, 6) is -0.193. The summed E-state index contributed by atoms with van der Waals surface area (Å²) in [6.07, 6.45) is 0. The number of carbonyl (C=O) groups excluding carboxylic acids is 1. The SMILES string of the molecule is O=C(NC(=S)Nc1cccc(F)c1)c1cccc(OCc2ccccc2)c1. The van der Waals surface area contributed by atoms with Gasteiger partial charge < -0.3 is 10.1 Å². The number of benzene rings is 3. The summed E-state index contributed by atoms with van der Waals surface area (Å²) in [5, 5.41) is 5.43. The fraction of sp³-hybridized carbons (Fsp3) is 0.0476. The van der Waals surface area contributed by atoms with E-state index in [-0.39, 0.29) is 11.0 Å². The highest BCUT2D eigenvalue weighted by atomic mass is 32.1. The van der Waals surface area contributed by atoms with E-state index in [9.17, 15) is 9.18 Å². The average Bonchev–Trinajstić information content (AvgIpc) is 2.67. The Balaban J connectivity index is 1.58. The van der Waals surface area contributed by atoms with Crippen molar-refractivity contribution >= 4 is 28.9 Å². The molecule has 27 heavy (non-hydrogen) atoms. The van der Waals surface area contributed by atoms with Crippen molar-refractivity contribution in [1.29, 1.82) is 0 Å². The maximum atomic E-state index is 13.2. The fourth-order valence-electron chi connectivity index (χ4n) is 2.37. The Morgan fingerprint density at radius 2 is 1.74 bits per heavy atom. The van der Waals surface area contributed by atoms with Crippen molar-refractivity contribution in [3.8, 4) is 5.75 Å². The van der Waals surface area contributed by atoms with Gasteiger partial charge in [0.05, 0.1) is 0 Å². The molecule has 136 valence electrons. The van der Waals surface area contributed by atoms with Crippen molar-refractivity contribution in [1.82, 2.24) is 5.32 Å². The average molecular weight is 380 g/mol. The van der Waals surface area contributed by atoms with Crippen LogP contribution in [-0.4, -0.2) is 11.0 Å². The van der Waals surface area contributed by atoms with Crippen LogP contribution in [0.2, 0.25) is 0 Å². The van der Waals surface area contributed by atoms with Crippen molar-refractivity contribution < 1.29 is 13.9 Å². The van der Waals surface area contributed by atoms with E-state index in [4.69, 9.17) is 17.0 Å². The number of thiocarbonyl (C=S) groups is 1. The highest BCUT2D eigenvalue weighted by Gasteiger charge is 2.09. The van der Waals surface area contributed by atoms with Crippen LogP contribution in [-0.2, 0) is 6.61 Å². The molecule has 3 aromatic rings. The van der Waals surface area contributed by atoms with Gasteiger partial charge in [-0.2, -0.15) is 0 Å². The third-order valence-electron chi connectivity index (χ3n) is 3.65. The maximum absolute atomic E-state index is 13.2. The molecule has 1 amide bonds. The zero-order valence-electron chi connectivity index (χ0n) is 14.3. The normalized spacial score (nSPS) is 10.1. The van der Waals surface area contributed by atoms with E-state index in [1.54, 1.807) is 36.4 Å². The number of halogens is 1. The van der Waals surface area contributed by atoms with Crippen LogP contribution in [0.5, 0.6) is 5.75 Å². The van der Waals surface area contributed by atoms with Crippen LogP contribution in [0.4, 0.5) is 10.1 Å². The summed E-state index contributed by atoms with van der Waals surface area (Å²) in [4.78, 5) is 12.4. The molecule has 0 spiro atoms. The number of nitrogens with one attached hydrogen (secondary N) is 2. The van der Waals surface area contributed by atoms with Crippen molar-refractivity contribution in [2.45, 2.75) is 6.61 Å². The molecule has 0 aliphatic carbocycles. The third-order valence-corrected chi connectivity index (χ3v) is 3.86. The van der Waals surface area contributed by atoms with Crippen molar-refractivity contribution in [2.24, 2.45) is 0 Å². The zero-order chi connectivity index (χ0) is 19.1. The number of hydrogen-bond acceptors (Lipinski definition) is 3. The lowest BCUT2D eigenvalue weighted by molar-refractivity contribution is 0.0977. The standard InChI is InChI=1S/C21H17FN2O2S/c22-17-9-5-10-18(13-17)23-21(27)24-20(25)16-8-4-11-19(12-16)26-14-15-6-2-1-3-7-15/h1-13H,14H2,(H2,23,24,25,27). The van der Waals surface area contributed by atoms with E-state index < -0.39 is 5.82 Å². The third kappa shape index (κ3) is 5.62. The Kier molecular flexibility index (Phi) is 6.12. The second-order valence-electron chi connectivity index (χ2n) is 5.72. The van der Waals surface area contributed by atoms with Crippen LogP contribution in [0, 0.1) is 5.82 Å². The zero-order valence-corrected chi connectivity index (χ0v) is 15.1. The Morgan fingerprint density at radius 3 is 2.52 bits per heavy atom. The first-order valence-electron chi connectivity index (χ1n) is 8.25. The number of carbonyl (C=O) groups is 1. The Labute approximate surface area is 162 Å². The molecule has 0 unspecified atom stereocenters. The topological polar surface area (TPSA) is 50.4 Å². The molecule has 0 saturated carbocycles. The number of amides is 1. The summed E-state index contributed by atoms with van der Waals surface area (Å²) in [6, 6.07) is 22.4. The van der Waals surface area contributed by atoms with Gasteiger partial charge in [0.2, 0.25) is 0 Å². The molecule has 0 aliphatic heterocycles. The lowest BCUT2D eigenvalue weighted by Crippen LogP contribution is -2.34. The van der Waals surface area contributed by atoms with E-state index in [0.717, 1.165) is 5.56 Å². The summed E-state index contributed by atoms with van der Waals surface area (Å²) in [5.41, 5.74) is 1.90. The number of hydrogen-bond donors (Lipinski definition) is 2. The maximum Gasteiger partial charge on any atom is 0.257 e. The van der Waals surface area contributed by atoms with Gasteiger partial charge in [0.25, 0.3) is 5.91 Å². The highest BCUT2D eigenvalue weighted by molar-refractivity contribution is 7.80. The summed E-state index contributed by atoms with van der Waals surface area (Å²) < 4.78 is 18.9. The molecule has 3 rings (SSSR count). The van der Waals surface area contributed by atoms with Crippen LogP contribution in [0.3, 0.4) is 0 Å². The number of ether oxygens (including phenoxy) is 1. The van der Waals surface area contributed by atoms with Crippen molar-refractivity contribution in [2.75, 3.05) is 5.32 Å². The van der Waals surface area contributed by atoms with Gasteiger partial charge in [0, 0.05) is 11.3 Å². The first-order valence-corrected chi connectivity index (χ1v) is 8.66. The number of rotatable bonds is 5. The Morgan fingerprint density at radius 1 is 0.963 bits per heavy atom. The second kappa shape index (κ2) is 8.91. The molecule has 3 aromatic carbocycles. The molecule has 0 aromatic heterocycles. The molecule has 0 radical (unpaired) electrons. The molecule has 0 saturated heterocycles. The predicted molar refractivity (Wildman–Crippen MR) is 107 cm³/mol. The van der Waals surface area contributed by atoms with E-state index in [1.165, 1.54) is 12.1 Å². The Hall–Kier alpha value is -3.25. The van der Waals surface area contributed by atoms with Gasteiger partial charge in [0.1, 0.15) is 18.2 Å². The lowest BCUT2D eigenvalue weighted by Gasteiger charge is -2.11. The van der Waals surface area contributed by atoms with Gasteiger partial charge in [-0.15, -0.1) is 0 Å². The first kappa shape index (κ1) is 18.5. The second-order valence-corrected chi connectivity index (χ2v) is 6.13. The van der Waals surface area contributed by atoms with Gasteiger partial charge >= 0.3 is 0 Å². The van der Waals surface area contributed by atoms with E-state index in [1.807, 2.05) is 30.3 Å². The van der Waals surface area contributed by atoms with Crippen LogP contribution in [0.15, 0.2) is 78.9 Å². The van der Waals surface area contributed by atoms with Gasteiger partial charge in [-0.25, -0.2) is 4.39 Å². The van der Waals surface area contributed by atoms with Crippen LogP contribution in [0.25, 0.3) is 0 Å². The highest BCUT2D eigenvalue weighted by Crippen LogP contribution is 2.15. The van der Waals surface area contributed by atoms with E-state index >= 15 is 0 Å². The van der Waals surface area contributed by atoms with Crippen LogP contribution in [0.1, 0.15) is 15.9 Å². The molecule has 0 atom stereocenters. The van der Waals surface area contributed by atoms with Crippen molar-refractivity contribution in [3.05, 3.63) is 95.8 Å². The molecule has 0 aliphatic rings. The van der Waals surface area contributed by atoms with Gasteiger partial charge in [-0.3, -0.25) is 10.1 Å². The molecule has 0 bridgehead atoms. The van der Waals surface area contributed by atoms with Gasteiger partial charge in [-0.1, -0.05) is 42.5 Å². The van der Waals surface area contributed by atoms with Crippen LogP contribution < -0.4 is 15.4 Å². The molecule has 0 fully saturated rings. The molecular weight excluding hydrogens is 363 g/mol.